The first-order chi connectivity index (χ1) is 28.4. The number of esters is 1. The topological polar surface area (TPSA) is 119 Å². The molecule has 0 aromatic heterocycles. The Bertz CT molecular complexity index is 967. The van der Waals surface area contributed by atoms with Crippen LogP contribution in [0.15, 0.2) is 24.3 Å². The summed E-state index contributed by atoms with van der Waals surface area (Å²) >= 11 is 0. The number of carboxylic acids is 1. The van der Waals surface area contributed by atoms with Crippen LogP contribution < -0.4 is 11.1 Å². The van der Waals surface area contributed by atoms with E-state index < -0.39 is 12.0 Å². The Balaban J connectivity index is 4.19. The predicted octanol–water partition coefficient (Wildman–Crippen LogP) is 14.8. The van der Waals surface area contributed by atoms with Gasteiger partial charge in [0.1, 0.15) is 12.1 Å². The minimum Gasteiger partial charge on any atom is -0.480 e. The Kier molecular flexibility index (Phi) is 44.2. The van der Waals surface area contributed by atoms with Gasteiger partial charge in [-0.2, -0.15) is 0 Å². The number of nitrogens with two attached hydrogens (primary N) is 1. The van der Waals surface area contributed by atoms with E-state index in [1.54, 1.807) is 0 Å². The first-order valence-electron chi connectivity index (χ1n) is 25.2. The van der Waals surface area contributed by atoms with Crippen LogP contribution in [0.4, 0.5) is 0 Å². The molecular formula is C51H96N2O5. The summed E-state index contributed by atoms with van der Waals surface area (Å²) < 4.78 is 6.07. The van der Waals surface area contributed by atoms with Crippen molar-refractivity contribution in [3.05, 3.63) is 24.3 Å². The van der Waals surface area contributed by atoms with E-state index >= 15 is 0 Å². The van der Waals surface area contributed by atoms with E-state index in [4.69, 9.17) is 10.5 Å². The molecular weight excluding hydrogens is 721 g/mol. The van der Waals surface area contributed by atoms with Crippen LogP contribution in [-0.4, -0.2) is 41.6 Å². The van der Waals surface area contributed by atoms with Crippen molar-refractivity contribution in [1.82, 2.24) is 5.32 Å². The van der Waals surface area contributed by atoms with Crippen LogP contribution in [0, 0.1) is 0 Å². The molecule has 0 fully saturated rings. The number of rotatable bonds is 46. The molecule has 7 heteroatoms. The van der Waals surface area contributed by atoms with Crippen molar-refractivity contribution in [2.24, 2.45) is 5.73 Å². The molecule has 0 aromatic carbocycles. The number of carbonyl (C=O) groups is 3. The van der Waals surface area contributed by atoms with E-state index in [-0.39, 0.29) is 18.0 Å². The highest BCUT2D eigenvalue weighted by atomic mass is 16.5. The molecule has 0 aliphatic heterocycles. The van der Waals surface area contributed by atoms with E-state index in [1.807, 2.05) is 0 Å². The second kappa shape index (κ2) is 45.9. The Morgan fingerprint density at radius 3 is 1.33 bits per heavy atom. The van der Waals surface area contributed by atoms with Crippen molar-refractivity contribution in [3.63, 3.8) is 0 Å². The van der Waals surface area contributed by atoms with Crippen LogP contribution in [0.3, 0.4) is 0 Å². The molecule has 0 radical (unpaired) electrons. The maximum Gasteiger partial charge on any atom is 0.326 e. The highest BCUT2D eigenvalue weighted by Crippen LogP contribution is 2.19. The Morgan fingerprint density at radius 2 is 0.897 bits per heavy atom. The summed E-state index contributed by atoms with van der Waals surface area (Å²) in [7, 11) is 0. The van der Waals surface area contributed by atoms with E-state index in [9.17, 15) is 19.5 Å². The fourth-order valence-corrected chi connectivity index (χ4v) is 7.72. The smallest absolute Gasteiger partial charge is 0.326 e. The first-order valence-corrected chi connectivity index (χ1v) is 25.2. The molecule has 4 N–H and O–H groups in total. The minimum absolute atomic E-state index is 0.0144. The summed E-state index contributed by atoms with van der Waals surface area (Å²) in [6, 6.07) is -0.855. The molecule has 0 aliphatic rings. The third-order valence-corrected chi connectivity index (χ3v) is 11.5. The van der Waals surface area contributed by atoms with Crippen molar-refractivity contribution in [2.75, 3.05) is 6.54 Å². The van der Waals surface area contributed by atoms with Crippen molar-refractivity contribution in [1.29, 1.82) is 0 Å². The minimum atomic E-state index is -1.00. The summed E-state index contributed by atoms with van der Waals surface area (Å²) in [5.41, 5.74) is 5.50. The number of hydrogen-bond acceptors (Lipinski definition) is 5. The van der Waals surface area contributed by atoms with Crippen molar-refractivity contribution in [2.45, 2.75) is 276 Å². The fourth-order valence-electron chi connectivity index (χ4n) is 7.72. The van der Waals surface area contributed by atoms with Gasteiger partial charge >= 0.3 is 11.9 Å². The van der Waals surface area contributed by atoms with Gasteiger partial charge in [0, 0.05) is 12.8 Å². The molecule has 2 atom stereocenters. The fraction of sp³-hybridized carbons (Fsp3) is 0.863. The quantitative estimate of drug-likeness (QED) is 0.0320. The highest BCUT2D eigenvalue weighted by molar-refractivity contribution is 5.83. The maximum absolute atomic E-state index is 12.9. The van der Waals surface area contributed by atoms with Crippen LogP contribution in [0.5, 0.6) is 0 Å². The van der Waals surface area contributed by atoms with Gasteiger partial charge in [-0.05, 0) is 90.0 Å². The molecule has 2 unspecified atom stereocenters. The number of unbranched alkanes of at least 4 members (excludes halogenated alkanes) is 28. The molecule has 7 nitrogen and oxygen atoms in total. The van der Waals surface area contributed by atoms with Gasteiger partial charge in [0.2, 0.25) is 5.91 Å². The summed E-state index contributed by atoms with van der Waals surface area (Å²) in [6.07, 6.45) is 53.8. The molecule has 0 rings (SSSR count). The molecule has 0 aliphatic carbocycles. The number of carbonyl (C=O) groups excluding carboxylic acids is 2. The second-order valence-electron chi connectivity index (χ2n) is 17.2. The van der Waals surface area contributed by atoms with Gasteiger partial charge in [0.15, 0.2) is 0 Å². The predicted molar refractivity (Wildman–Crippen MR) is 248 cm³/mol. The lowest BCUT2D eigenvalue weighted by Gasteiger charge is -2.18. The number of amides is 1. The van der Waals surface area contributed by atoms with Crippen LogP contribution in [0.1, 0.15) is 264 Å². The lowest BCUT2D eigenvalue weighted by molar-refractivity contribution is -0.150. The Hall–Kier alpha value is -2.15. The van der Waals surface area contributed by atoms with E-state index in [0.29, 0.717) is 32.2 Å². The summed E-state index contributed by atoms with van der Waals surface area (Å²) in [5, 5.41) is 12.0. The summed E-state index contributed by atoms with van der Waals surface area (Å²) in [4.78, 5) is 36.5. The normalized spacial score (nSPS) is 12.7. The van der Waals surface area contributed by atoms with E-state index in [1.165, 1.54) is 154 Å². The van der Waals surface area contributed by atoms with Crippen molar-refractivity contribution >= 4 is 17.8 Å². The number of allylic oxidation sites excluding steroid dienone is 4. The highest BCUT2D eigenvalue weighted by Gasteiger charge is 2.19. The molecule has 1 amide bonds. The van der Waals surface area contributed by atoms with Gasteiger partial charge in [-0.25, -0.2) is 4.79 Å². The lowest BCUT2D eigenvalue weighted by atomic mass is 10.0. The Morgan fingerprint density at radius 1 is 0.500 bits per heavy atom. The summed E-state index contributed by atoms with van der Waals surface area (Å²) in [5.74, 6) is -1.22. The molecule has 0 bridgehead atoms. The maximum atomic E-state index is 12.9. The average Bonchev–Trinajstić information content (AvgIpc) is 3.21. The standard InChI is InChI=1S/C51H96N2O5/c1-3-5-7-9-11-13-15-16-17-18-19-20-21-22-23-24-26-28-30-35-39-45-50(55)58-47(41-36-32-29-27-25-14-12-10-8-6-4-2)42-37-33-31-34-38-44-49(54)53-48(51(56)57)43-40-46-52/h15-16,18-19,47-48H,3-14,17,20-46,52H2,1-2H3,(H,53,54)(H,56,57)/b16-15-,19-18-. The number of hydrogen-bond donors (Lipinski definition) is 3. The van der Waals surface area contributed by atoms with E-state index in [2.05, 4.69) is 43.5 Å². The van der Waals surface area contributed by atoms with Crippen LogP contribution in [-0.2, 0) is 19.1 Å². The molecule has 58 heavy (non-hydrogen) atoms. The lowest BCUT2D eigenvalue weighted by Crippen LogP contribution is -2.40. The first kappa shape index (κ1) is 55.9. The molecule has 340 valence electrons. The zero-order valence-electron chi connectivity index (χ0n) is 38.4. The largest absolute Gasteiger partial charge is 0.480 e. The zero-order chi connectivity index (χ0) is 42.4. The molecule has 0 saturated heterocycles. The van der Waals surface area contributed by atoms with Gasteiger partial charge in [-0.1, -0.05) is 192 Å². The molecule has 0 saturated carbocycles. The zero-order valence-corrected chi connectivity index (χ0v) is 38.4. The third-order valence-electron chi connectivity index (χ3n) is 11.5. The average molecular weight is 817 g/mol. The van der Waals surface area contributed by atoms with Gasteiger partial charge in [0.05, 0.1) is 0 Å². The number of carboxylic acid groups (broad SMARTS) is 1. The monoisotopic (exact) mass is 817 g/mol. The van der Waals surface area contributed by atoms with Crippen LogP contribution >= 0.6 is 0 Å². The van der Waals surface area contributed by atoms with Gasteiger partial charge in [0.25, 0.3) is 0 Å². The number of aliphatic carboxylic acids is 1. The Labute approximate surface area is 359 Å². The van der Waals surface area contributed by atoms with Crippen LogP contribution in [0.2, 0.25) is 0 Å². The van der Waals surface area contributed by atoms with Crippen LogP contribution in [0.25, 0.3) is 0 Å². The van der Waals surface area contributed by atoms with Gasteiger partial charge in [-0.15, -0.1) is 0 Å². The summed E-state index contributed by atoms with van der Waals surface area (Å²) in [6.45, 7) is 4.95. The SMILES string of the molecule is CCCCCCC/C=C\C/C=C\CCCCCCCCCCCC(=O)OC(CCCCCCCCCCCCC)CCCCCCCC(=O)NC(CCCN)C(=O)O. The number of nitrogens with one attached hydrogen (secondary N) is 1. The van der Waals surface area contributed by atoms with E-state index in [0.717, 1.165) is 70.6 Å². The van der Waals surface area contributed by atoms with Crippen molar-refractivity contribution < 1.29 is 24.2 Å². The van der Waals surface area contributed by atoms with Gasteiger partial charge < -0.3 is 20.9 Å². The van der Waals surface area contributed by atoms with Gasteiger partial charge in [-0.3, -0.25) is 9.59 Å². The molecule has 0 heterocycles. The third kappa shape index (κ3) is 42.0. The second-order valence-corrected chi connectivity index (χ2v) is 17.2. The number of ether oxygens (including phenoxy) is 1. The molecule has 0 spiro atoms. The molecule has 0 aromatic rings. The van der Waals surface area contributed by atoms with Crippen molar-refractivity contribution in [3.8, 4) is 0 Å².